The third-order valence-corrected chi connectivity index (χ3v) is 3.98. The van der Waals surface area contributed by atoms with Gasteiger partial charge in [0.15, 0.2) is 0 Å². The lowest BCUT2D eigenvalue weighted by molar-refractivity contribution is 0.740. The Labute approximate surface area is 129 Å². The molecule has 20 heavy (non-hydrogen) atoms. The lowest BCUT2D eigenvalue weighted by Crippen LogP contribution is -2.21. The van der Waals surface area contributed by atoms with Gasteiger partial charge in [-0.2, -0.15) is 5.26 Å². The molecule has 2 nitrogen and oxygen atoms in total. The summed E-state index contributed by atoms with van der Waals surface area (Å²) in [6.45, 7) is 2.11. The summed E-state index contributed by atoms with van der Waals surface area (Å²) in [6.07, 6.45) is 0. The van der Waals surface area contributed by atoms with Gasteiger partial charge >= 0.3 is 0 Å². The molecule has 0 aromatic heterocycles. The third kappa shape index (κ3) is 3.07. The van der Waals surface area contributed by atoms with Crippen LogP contribution in [-0.4, -0.2) is 7.05 Å². The van der Waals surface area contributed by atoms with Gasteiger partial charge in [-0.1, -0.05) is 35.3 Å². The summed E-state index contributed by atoms with van der Waals surface area (Å²) in [7, 11) is 2.00. The van der Waals surface area contributed by atoms with Crippen LogP contribution in [0, 0.1) is 11.3 Å². The Bertz CT molecular complexity index is 645. The number of benzene rings is 2. The molecule has 4 heteroatoms. The van der Waals surface area contributed by atoms with Gasteiger partial charge in [0.25, 0.3) is 0 Å². The van der Waals surface area contributed by atoms with Gasteiger partial charge < -0.3 is 4.90 Å². The smallest absolute Gasteiger partial charge is 0.101 e. The predicted octanol–water partition coefficient (Wildman–Crippen LogP) is 5.06. The van der Waals surface area contributed by atoms with Crippen molar-refractivity contribution in [3.05, 3.63) is 63.6 Å². The van der Waals surface area contributed by atoms with Gasteiger partial charge in [-0.25, -0.2) is 0 Å². The van der Waals surface area contributed by atoms with Gasteiger partial charge in [-0.05, 0) is 42.8 Å². The van der Waals surface area contributed by atoms with Gasteiger partial charge in [-0.3, -0.25) is 0 Å². The normalized spacial score (nSPS) is 11.8. The Hall–Kier alpha value is -1.69. The van der Waals surface area contributed by atoms with Gasteiger partial charge in [0, 0.05) is 17.8 Å². The first-order valence-corrected chi connectivity index (χ1v) is 6.96. The maximum Gasteiger partial charge on any atom is 0.101 e. The van der Waals surface area contributed by atoms with Crippen LogP contribution in [-0.2, 0) is 0 Å². The largest absolute Gasteiger partial charge is 0.368 e. The minimum atomic E-state index is 0.177. The van der Waals surface area contributed by atoms with Crippen LogP contribution < -0.4 is 4.90 Å². The molecule has 0 aliphatic rings. The van der Waals surface area contributed by atoms with E-state index in [0.717, 1.165) is 16.3 Å². The number of hydrogen-bond donors (Lipinski definition) is 0. The Morgan fingerprint density at radius 3 is 2.30 bits per heavy atom. The molecule has 2 aromatic rings. The predicted molar refractivity (Wildman–Crippen MR) is 84.4 cm³/mol. The highest BCUT2D eigenvalue weighted by atomic mass is 35.5. The van der Waals surface area contributed by atoms with E-state index in [2.05, 4.69) is 17.9 Å². The van der Waals surface area contributed by atoms with Crippen molar-refractivity contribution in [2.75, 3.05) is 11.9 Å². The van der Waals surface area contributed by atoms with Gasteiger partial charge in [0.1, 0.15) is 6.07 Å². The van der Waals surface area contributed by atoms with Crippen LogP contribution in [0.25, 0.3) is 0 Å². The van der Waals surface area contributed by atoms with E-state index in [1.807, 2.05) is 43.4 Å². The summed E-state index contributed by atoms with van der Waals surface area (Å²) >= 11 is 12.0. The van der Waals surface area contributed by atoms with Gasteiger partial charge in [0.2, 0.25) is 0 Å². The second-order valence-electron chi connectivity index (χ2n) is 4.61. The highest BCUT2D eigenvalue weighted by molar-refractivity contribution is 6.32. The molecule has 0 spiro atoms. The minimum Gasteiger partial charge on any atom is -0.368 e. The van der Waals surface area contributed by atoms with E-state index < -0.39 is 0 Å². The van der Waals surface area contributed by atoms with Crippen LogP contribution in [0.4, 0.5) is 5.69 Å². The van der Waals surface area contributed by atoms with E-state index in [0.29, 0.717) is 10.6 Å². The molecule has 1 atom stereocenters. The second-order valence-corrected chi connectivity index (χ2v) is 5.46. The van der Waals surface area contributed by atoms with E-state index in [1.165, 1.54) is 0 Å². The minimum absolute atomic E-state index is 0.177. The topological polar surface area (TPSA) is 27.0 Å². The highest BCUT2D eigenvalue weighted by Gasteiger charge is 2.13. The monoisotopic (exact) mass is 304 g/mol. The van der Waals surface area contributed by atoms with Crippen molar-refractivity contribution in [3.8, 4) is 6.07 Å². The van der Waals surface area contributed by atoms with Crippen molar-refractivity contribution < 1.29 is 0 Å². The number of nitriles is 1. The van der Waals surface area contributed by atoms with Crippen molar-refractivity contribution >= 4 is 28.9 Å². The van der Waals surface area contributed by atoms with Crippen LogP contribution in [0.5, 0.6) is 0 Å². The molecule has 102 valence electrons. The summed E-state index contributed by atoms with van der Waals surface area (Å²) < 4.78 is 0. The zero-order valence-electron chi connectivity index (χ0n) is 11.3. The van der Waals surface area contributed by atoms with Gasteiger partial charge in [0.05, 0.1) is 16.6 Å². The van der Waals surface area contributed by atoms with Crippen molar-refractivity contribution in [1.82, 2.24) is 0 Å². The van der Waals surface area contributed by atoms with Gasteiger partial charge in [-0.15, -0.1) is 0 Å². The third-order valence-electron chi connectivity index (χ3n) is 3.41. The van der Waals surface area contributed by atoms with Crippen LogP contribution in [0.3, 0.4) is 0 Å². The summed E-state index contributed by atoms with van der Waals surface area (Å²) in [5, 5.41) is 10.1. The number of anilines is 1. The fraction of sp³-hybridized carbons (Fsp3) is 0.188. The maximum absolute atomic E-state index is 8.90. The molecule has 0 aliphatic heterocycles. The molecule has 0 saturated heterocycles. The summed E-state index contributed by atoms with van der Waals surface area (Å²) in [5.41, 5.74) is 2.62. The Morgan fingerprint density at radius 2 is 1.75 bits per heavy atom. The van der Waals surface area contributed by atoms with E-state index >= 15 is 0 Å². The lowest BCUT2D eigenvalue weighted by atomic mass is 10.1. The van der Waals surface area contributed by atoms with Crippen molar-refractivity contribution in [2.45, 2.75) is 13.0 Å². The number of hydrogen-bond acceptors (Lipinski definition) is 2. The van der Waals surface area contributed by atoms with Crippen molar-refractivity contribution in [1.29, 1.82) is 5.26 Å². The standard InChI is InChI=1S/C16H14Cl2N2/c1-11(12-3-6-14(17)7-4-12)20(2)15-8-5-13(10-19)16(18)9-15/h3-9,11H,1-2H3. The molecule has 1 unspecified atom stereocenters. The molecule has 0 amide bonds. The molecule has 2 rings (SSSR count). The van der Waals surface area contributed by atoms with E-state index in [-0.39, 0.29) is 6.04 Å². The second kappa shape index (κ2) is 6.17. The van der Waals surface area contributed by atoms with Crippen molar-refractivity contribution in [3.63, 3.8) is 0 Å². The molecule has 0 bridgehead atoms. The lowest BCUT2D eigenvalue weighted by Gasteiger charge is -2.27. The molecule has 2 aromatic carbocycles. The average Bonchev–Trinajstić information content (AvgIpc) is 2.46. The first-order valence-electron chi connectivity index (χ1n) is 6.21. The molecule has 0 heterocycles. The fourth-order valence-corrected chi connectivity index (χ4v) is 2.35. The first-order chi connectivity index (χ1) is 9.52. The number of rotatable bonds is 3. The molecular formula is C16H14Cl2N2. The van der Waals surface area contributed by atoms with Crippen molar-refractivity contribution in [2.24, 2.45) is 0 Å². The van der Waals surface area contributed by atoms with Crippen LogP contribution in [0.15, 0.2) is 42.5 Å². The molecular weight excluding hydrogens is 291 g/mol. The zero-order chi connectivity index (χ0) is 14.7. The maximum atomic E-state index is 8.90. The SMILES string of the molecule is CC(c1ccc(Cl)cc1)N(C)c1ccc(C#N)c(Cl)c1. The number of halogens is 2. The summed E-state index contributed by atoms with van der Waals surface area (Å²) in [4.78, 5) is 2.11. The van der Waals surface area contributed by atoms with Crippen LogP contribution in [0.1, 0.15) is 24.1 Å². The zero-order valence-corrected chi connectivity index (χ0v) is 12.8. The molecule has 0 saturated carbocycles. The average molecular weight is 305 g/mol. The summed E-state index contributed by atoms with van der Waals surface area (Å²) in [6, 6.07) is 15.5. The van der Waals surface area contributed by atoms with Crippen LogP contribution in [0.2, 0.25) is 10.0 Å². The quantitative estimate of drug-likeness (QED) is 0.792. The molecule has 0 aliphatic carbocycles. The highest BCUT2D eigenvalue weighted by Crippen LogP contribution is 2.29. The van der Waals surface area contributed by atoms with E-state index in [4.69, 9.17) is 28.5 Å². The molecule has 0 radical (unpaired) electrons. The molecule has 0 N–H and O–H groups in total. The molecule has 0 fully saturated rings. The Morgan fingerprint density at radius 1 is 1.10 bits per heavy atom. The number of nitrogens with zero attached hydrogens (tertiary/aromatic N) is 2. The van der Waals surface area contributed by atoms with E-state index in [9.17, 15) is 0 Å². The summed E-state index contributed by atoms with van der Waals surface area (Å²) in [5.74, 6) is 0. The fourth-order valence-electron chi connectivity index (χ4n) is 2.00. The van der Waals surface area contributed by atoms with Crippen LogP contribution >= 0.6 is 23.2 Å². The Kier molecular flexibility index (Phi) is 4.54. The first kappa shape index (κ1) is 14.7. The Balaban J connectivity index is 2.26. The van der Waals surface area contributed by atoms with E-state index in [1.54, 1.807) is 6.07 Å².